The largest absolute Gasteiger partial charge is 0.507 e. The summed E-state index contributed by atoms with van der Waals surface area (Å²) in [7, 11) is 1.50. The Kier molecular flexibility index (Phi) is 5.37. The Bertz CT molecular complexity index is 1480. The van der Waals surface area contributed by atoms with Gasteiger partial charge in [0.15, 0.2) is 5.13 Å². The maximum Gasteiger partial charge on any atom is 0.301 e. The summed E-state index contributed by atoms with van der Waals surface area (Å²) in [6, 6.07) is 17.2. The molecule has 1 amide bonds. The van der Waals surface area contributed by atoms with Crippen molar-refractivity contribution in [2.75, 3.05) is 12.0 Å². The molecule has 1 aliphatic heterocycles. The van der Waals surface area contributed by atoms with E-state index in [9.17, 15) is 19.1 Å². The Labute approximate surface area is 198 Å². The average Bonchev–Trinajstić information content (AvgIpc) is 3.37. The zero-order chi connectivity index (χ0) is 24.0. The molecule has 1 saturated heterocycles. The zero-order valence-corrected chi connectivity index (χ0v) is 19.1. The average molecular weight is 475 g/mol. The topological polar surface area (TPSA) is 79.7 Å². The predicted molar refractivity (Wildman–Crippen MR) is 129 cm³/mol. The van der Waals surface area contributed by atoms with Gasteiger partial charge in [-0.05, 0) is 42.8 Å². The van der Waals surface area contributed by atoms with Crippen molar-refractivity contribution in [3.63, 3.8) is 0 Å². The molecule has 0 radical (unpaired) electrons. The van der Waals surface area contributed by atoms with Crippen molar-refractivity contribution < 1.29 is 23.8 Å². The molecule has 8 heteroatoms. The lowest BCUT2D eigenvalue weighted by atomic mass is 9.95. The quantitative estimate of drug-likeness (QED) is 0.244. The minimum atomic E-state index is -0.905. The van der Waals surface area contributed by atoms with Gasteiger partial charge in [0.05, 0.1) is 28.9 Å². The number of aromatic nitrogens is 1. The number of aliphatic hydroxyl groups is 1. The highest BCUT2D eigenvalue weighted by Crippen LogP contribution is 2.44. The van der Waals surface area contributed by atoms with Crippen molar-refractivity contribution in [1.82, 2.24) is 4.98 Å². The Morgan fingerprint density at radius 2 is 1.85 bits per heavy atom. The molecule has 1 N–H and O–H groups in total. The minimum absolute atomic E-state index is 0.0486. The molecule has 0 bridgehead atoms. The fraction of sp³-hybridized carbons (Fsp3) is 0.115. The first kappa shape index (κ1) is 21.8. The van der Waals surface area contributed by atoms with Crippen molar-refractivity contribution in [1.29, 1.82) is 0 Å². The summed E-state index contributed by atoms with van der Waals surface area (Å²) < 4.78 is 19.5. The Balaban J connectivity index is 1.73. The zero-order valence-electron chi connectivity index (χ0n) is 18.3. The third-order valence-electron chi connectivity index (χ3n) is 5.73. The fourth-order valence-electron chi connectivity index (χ4n) is 4.01. The maximum atomic E-state index is 13.8. The first-order valence-electron chi connectivity index (χ1n) is 10.5. The second kappa shape index (κ2) is 8.39. The van der Waals surface area contributed by atoms with Crippen LogP contribution in [0.4, 0.5) is 9.52 Å². The van der Waals surface area contributed by atoms with E-state index in [0.29, 0.717) is 27.1 Å². The highest BCUT2D eigenvalue weighted by molar-refractivity contribution is 7.22. The summed E-state index contributed by atoms with van der Waals surface area (Å²) in [5, 5.41) is 11.5. The maximum absolute atomic E-state index is 13.8. The number of hydrogen-bond donors (Lipinski definition) is 1. The third-order valence-corrected chi connectivity index (χ3v) is 6.74. The number of amides is 1. The van der Waals surface area contributed by atoms with Gasteiger partial charge in [0.1, 0.15) is 17.3 Å². The smallest absolute Gasteiger partial charge is 0.301 e. The number of hydrogen-bond acceptors (Lipinski definition) is 6. The van der Waals surface area contributed by atoms with Crippen molar-refractivity contribution in [2.24, 2.45) is 0 Å². The third kappa shape index (κ3) is 3.62. The molecule has 4 aromatic rings. The molecule has 0 spiro atoms. The number of rotatable bonds is 4. The summed E-state index contributed by atoms with van der Waals surface area (Å²) in [6.07, 6.45) is 0. The number of carbonyl (C=O) groups is 2. The number of ketones is 1. The molecule has 5 rings (SSSR count). The molecular formula is C26H19FN2O4S. The van der Waals surface area contributed by atoms with Gasteiger partial charge in [0, 0.05) is 5.56 Å². The SMILES string of the molecule is COc1cccc(/C(O)=C2\C(=O)C(=O)N(c3nc4ccc(F)cc4s3)C2c2ccc(C)cc2)c1. The summed E-state index contributed by atoms with van der Waals surface area (Å²) >= 11 is 1.11. The van der Waals surface area contributed by atoms with Crippen molar-refractivity contribution in [2.45, 2.75) is 13.0 Å². The van der Waals surface area contributed by atoms with Crippen LogP contribution in [0.1, 0.15) is 22.7 Å². The molecule has 2 heterocycles. The van der Waals surface area contributed by atoms with Gasteiger partial charge in [-0.2, -0.15) is 0 Å². The first-order valence-corrected chi connectivity index (χ1v) is 11.3. The summed E-state index contributed by atoms with van der Waals surface area (Å²) in [5.41, 5.74) is 2.45. The highest BCUT2D eigenvalue weighted by Gasteiger charge is 2.48. The molecule has 34 heavy (non-hydrogen) atoms. The molecule has 1 aromatic heterocycles. The fourth-order valence-corrected chi connectivity index (χ4v) is 5.03. The number of anilines is 1. The first-order chi connectivity index (χ1) is 16.4. The van der Waals surface area contributed by atoms with Crippen LogP contribution in [0.15, 0.2) is 72.3 Å². The minimum Gasteiger partial charge on any atom is -0.507 e. The van der Waals surface area contributed by atoms with Gasteiger partial charge in [-0.3, -0.25) is 14.5 Å². The van der Waals surface area contributed by atoms with E-state index < -0.39 is 23.5 Å². The van der Waals surface area contributed by atoms with E-state index in [0.717, 1.165) is 16.9 Å². The summed E-state index contributed by atoms with van der Waals surface area (Å²) in [5.74, 6) is -1.86. The van der Waals surface area contributed by atoms with Gasteiger partial charge in [-0.1, -0.05) is 53.3 Å². The van der Waals surface area contributed by atoms with Gasteiger partial charge in [-0.25, -0.2) is 9.37 Å². The number of aryl methyl sites for hydroxylation is 1. The van der Waals surface area contributed by atoms with Crippen LogP contribution >= 0.6 is 11.3 Å². The number of Topliss-reactive ketones (excluding diaryl/α,β-unsaturated/α-hetero) is 1. The van der Waals surface area contributed by atoms with Crippen LogP contribution in [-0.4, -0.2) is 28.9 Å². The summed E-state index contributed by atoms with van der Waals surface area (Å²) in [6.45, 7) is 1.93. The van der Waals surface area contributed by atoms with E-state index in [1.807, 2.05) is 31.2 Å². The number of halogens is 1. The van der Waals surface area contributed by atoms with Crippen LogP contribution in [0.5, 0.6) is 5.75 Å². The molecular weight excluding hydrogens is 455 g/mol. The number of nitrogens with zero attached hydrogens (tertiary/aromatic N) is 2. The summed E-state index contributed by atoms with van der Waals surface area (Å²) in [4.78, 5) is 32.3. The van der Waals surface area contributed by atoms with Crippen LogP contribution in [0.3, 0.4) is 0 Å². The number of aliphatic hydroxyl groups excluding tert-OH is 1. The predicted octanol–water partition coefficient (Wildman–Crippen LogP) is 5.38. The van der Waals surface area contributed by atoms with Crippen LogP contribution in [0, 0.1) is 12.7 Å². The van der Waals surface area contributed by atoms with E-state index in [4.69, 9.17) is 4.74 Å². The molecule has 6 nitrogen and oxygen atoms in total. The van der Waals surface area contributed by atoms with Gasteiger partial charge < -0.3 is 9.84 Å². The van der Waals surface area contributed by atoms with E-state index in [-0.39, 0.29) is 16.5 Å². The number of thiazole rings is 1. The van der Waals surface area contributed by atoms with Gasteiger partial charge in [0.25, 0.3) is 5.78 Å². The van der Waals surface area contributed by atoms with Crippen molar-refractivity contribution >= 4 is 44.1 Å². The van der Waals surface area contributed by atoms with Gasteiger partial charge >= 0.3 is 5.91 Å². The van der Waals surface area contributed by atoms with E-state index >= 15 is 0 Å². The molecule has 0 saturated carbocycles. The van der Waals surface area contributed by atoms with Crippen LogP contribution in [0.25, 0.3) is 16.0 Å². The van der Waals surface area contributed by atoms with E-state index in [1.54, 1.807) is 24.3 Å². The van der Waals surface area contributed by atoms with Crippen LogP contribution in [0.2, 0.25) is 0 Å². The Morgan fingerprint density at radius 1 is 1.09 bits per heavy atom. The number of ether oxygens (including phenoxy) is 1. The lowest BCUT2D eigenvalue weighted by Crippen LogP contribution is -2.29. The molecule has 1 unspecified atom stereocenters. The standard InChI is InChI=1S/C26H19FN2O4S/c1-14-6-8-15(9-7-14)22-21(23(30)16-4-3-5-18(12-16)33-2)24(31)25(32)29(22)26-28-19-11-10-17(27)13-20(19)34-26/h3-13,22,30H,1-2H3/b23-21+. The highest BCUT2D eigenvalue weighted by atomic mass is 32.1. The van der Waals surface area contributed by atoms with Crippen LogP contribution < -0.4 is 9.64 Å². The molecule has 1 atom stereocenters. The second-order valence-electron chi connectivity index (χ2n) is 7.92. The lowest BCUT2D eigenvalue weighted by molar-refractivity contribution is -0.132. The lowest BCUT2D eigenvalue weighted by Gasteiger charge is -2.23. The van der Waals surface area contributed by atoms with E-state index in [1.165, 1.54) is 30.2 Å². The van der Waals surface area contributed by atoms with Crippen molar-refractivity contribution in [3.8, 4) is 5.75 Å². The van der Waals surface area contributed by atoms with E-state index in [2.05, 4.69) is 4.98 Å². The van der Waals surface area contributed by atoms with Crippen molar-refractivity contribution in [3.05, 3.63) is 94.8 Å². The van der Waals surface area contributed by atoms with Crippen LogP contribution in [-0.2, 0) is 9.59 Å². The number of methoxy groups -OCH3 is 1. The molecule has 1 fully saturated rings. The normalized spacial score (nSPS) is 17.5. The monoisotopic (exact) mass is 474 g/mol. The number of carbonyl (C=O) groups excluding carboxylic acids is 2. The molecule has 3 aromatic carbocycles. The molecule has 1 aliphatic rings. The Morgan fingerprint density at radius 3 is 2.59 bits per heavy atom. The second-order valence-corrected chi connectivity index (χ2v) is 8.93. The van der Waals surface area contributed by atoms with Gasteiger partial charge in [-0.15, -0.1) is 0 Å². The Hall–Kier alpha value is -4.04. The molecule has 170 valence electrons. The number of benzene rings is 3. The molecule has 0 aliphatic carbocycles. The van der Waals surface area contributed by atoms with Gasteiger partial charge in [0.2, 0.25) is 0 Å². The number of fused-ring (bicyclic) bond motifs is 1.